The Bertz CT molecular complexity index is 670. The van der Waals surface area contributed by atoms with Crippen molar-refractivity contribution in [3.63, 3.8) is 0 Å². The van der Waals surface area contributed by atoms with E-state index in [0.717, 1.165) is 6.07 Å². The monoisotopic (exact) mass is 363 g/mol. The zero-order valence-corrected chi connectivity index (χ0v) is 12.3. The Morgan fingerprint density at radius 3 is 2.10 bits per heavy atom. The Morgan fingerprint density at radius 2 is 1.57 bits per heavy atom. The zero-order chi connectivity index (χ0) is 15.7. The second kappa shape index (κ2) is 6.03. The molecule has 2 aromatic rings. The van der Waals surface area contributed by atoms with Gasteiger partial charge in [0.15, 0.2) is 0 Å². The minimum atomic E-state index is -1.28. The lowest BCUT2D eigenvalue weighted by atomic mass is 9.97. The predicted molar refractivity (Wildman–Crippen MR) is 73.0 cm³/mol. The highest BCUT2D eigenvalue weighted by Gasteiger charge is 2.23. The molecule has 0 aromatic heterocycles. The molecule has 2 nitrogen and oxygen atoms in total. The molecule has 0 saturated heterocycles. The third-order valence-corrected chi connectivity index (χ3v) is 3.57. The normalized spacial score (nSPS) is 12.3. The van der Waals surface area contributed by atoms with Crippen molar-refractivity contribution in [1.82, 2.24) is 0 Å². The second-order valence-electron chi connectivity index (χ2n) is 4.27. The van der Waals surface area contributed by atoms with Gasteiger partial charge in [0.25, 0.3) is 0 Å². The van der Waals surface area contributed by atoms with Crippen molar-refractivity contribution in [2.45, 2.75) is 6.04 Å². The Balaban J connectivity index is 2.60. The molecule has 0 radical (unpaired) electrons. The van der Waals surface area contributed by atoms with Crippen LogP contribution in [0.1, 0.15) is 17.2 Å². The number of hydrogen-bond donors (Lipinski definition) is 1. The van der Waals surface area contributed by atoms with Crippen LogP contribution in [0.25, 0.3) is 0 Å². The van der Waals surface area contributed by atoms with Crippen LogP contribution in [0.2, 0.25) is 0 Å². The van der Waals surface area contributed by atoms with Gasteiger partial charge >= 0.3 is 0 Å². The molecule has 0 spiro atoms. The molecular formula is C14H10BrF4NO. The number of halogens is 5. The van der Waals surface area contributed by atoms with Gasteiger partial charge in [-0.2, -0.15) is 0 Å². The van der Waals surface area contributed by atoms with E-state index >= 15 is 0 Å². The maximum Gasteiger partial charge on any atom is 0.141 e. The van der Waals surface area contributed by atoms with E-state index in [-0.39, 0.29) is 15.8 Å². The summed E-state index contributed by atoms with van der Waals surface area (Å²) in [5.41, 5.74) is 5.48. The van der Waals surface area contributed by atoms with Crippen LogP contribution in [-0.4, -0.2) is 7.11 Å². The quantitative estimate of drug-likeness (QED) is 0.834. The summed E-state index contributed by atoms with van der Waals surface area (Å²) in [6.07, 6.45) is 0. The molecule has 0 aliphatic rings. The minimum Gasteiger partial charge on any atom is -0.496 e. The lowest BCUT2D eigenvalue weighted by Crippen LogP contribution is -2.17. The van der Waals surface area contributed by atoms with Crippen LogP contribution in [0, 0.1) is 23.3 Å². The number of hydrogen-bond acceptors (Lipinski definition) is 2. The van der Waals surface area contributed by atoms with Crippen LogP contribution in [-0.2, 0) is 0 Å². The first-order chi connectivity index (χ1) is 9.85. The van der Waals surface area contributed by atoms with Crippen molar-refractivity contribution >= 4 is 15.9 Å². The SMILES string of the molecule is COc1cc(F)c(Br)cc1C(N)c1c(F)cc(F)cc1F. The van der Waals surface area contributed by atoms with Crippen LogP contribution >= 0.6 is 15.9 Å². The summed E-state index contributed by atoms with van der Waals surface area (Å²) in [6, 6.07) is 2.09. The van der Waals surface area contributed by atoms with Crippen molar-refractivity contribution in [3.8, 4) is 5.75 Å². The van der Waals surface area contributed by atoms with Gasteiger partial charge in [-0.3, -0.25) is 0 Å². The lowest BCUT2D eigenvalue weighted by molar-refractivity contribution is 0.402. The van der Waals surface area contributed by atoms with E-state index in [4.69, 9.17) is 10.5 Å². The molecular weight excluding hydrogens is 354 g/mol. The molecule has 2 N–H and O–H groups in total. The van der Waals surface area contributed by atoms with Gasteiger partial charge in [0.1, 0.15) is 29.0 Å². The predicted octanol–water partition coefficient (Wildman–Crippen LogP) is 4.06. The van der Waals surface area contributed by atoms with Crippen LogP contribution in [0.3, 0.4) is 0 Å². The first-order valence-corrected chi connectivity index (χ1v) is 6.57. The molecule has 1 atom stereocenters. The minimum absolute atomic E-state index is 0.0336. The highest BCUT2D eigenvalue weighted by atomic mass is 79.9. The van der Waals surface area contributed by atoms with Crippen molar-refractivity contribution in [2.24, 2.45) is 5.73 Å². The molecule has 21 heavy (non-hydrogen) atoms. The number of rotatable bonds is 3. The van der Waals surface area contributed by atoms with E-state index in [1.165, 1.54) is 13.2 Å². The number of ether oxygens (including phenoxy) is 1. The van der Waals surface area contributed by atoms with Crippen molar-refractivity contribution in [1.29, 1.82) is 0 Å². The Hall–Kier alpha value is -1.60. The van der Waals surface area contributed by atoms with E-state index in [2.05, 4.69) is 15.9 Å². The van der Waals surface area contributed by atoms with Crippen molar-refractivity contribution < 1.29 is 22.3 Å². The average Bonchev–Trinajstić information content (AvgIpc) is 2.39. The van der Waals surface area contributed by atoms with Gasteiger partial charge in [0.2, 0.25) is 0 Å². The standard InChI is InChI=1S/C14H10BrF4NO/c1-21-12-5-9(17)8(15)4-7(12)14(20)13-10(18)2-6(16)3-11(13)19/h2-5,14H,20H2,1H3. The smallest absolute Gasteiger partial charge is 0.141 e. The largest absolute Gasteiger partial charge is 0.496 e. The molecule has 0 fully saturated rings. The summed E-state index contributed by atoms with van der Waals surface area (Å²) in [5, 5.41) is 0. The van der Waals surface area contributed by atoms with Crippen LogP contribution in [0.4, 0.5) is 17.6 Å². The molecule has 112 valence electrons. The third kappa shape index (κ3) is 3.03. The number of benzene rings is 2. The fourth-order valence-corrected chi connectivity index (χ4v) is 2.33. The molecule has 2 aromatic carbocycles. The Morgan fingerprint density at radius 1 is 1.00 bits per heavy atom. The first kappa shape index (κ1) is 15.8. The van der Waals surface area contributed by atoms with Crippen molar-refractivity contribution in [3.05, 3.63) is 63.1 Å². The van der Waals surface area contributed by atoms with Crippen LogP contribution in [0.5, 0.6) is 5.75 Å². The molecule has 2 rings (SSSR count). The van der Waals surface area contributed by atoms with E-state index in [1.807, 2.05) is 0 Å². The topological polar surface area (TPSA) is 35.2 Å². The molecule has 0 saturated carbocycles. The summed E-state index contributed by atoms with van der Waals surface area (Å²) in [5.74, 6) is -3.87. The maximum absolute atomic E-state index is 13.8. The van der Waals surface area contributed by atoms with Gasteiger partial charge in [-0.15, -0.1) is 0 Å². The summed E-state index contributed by atoms with van der Waals surface area (Å²) in [6.45, 7) is 0. The van der Waals surface area contributed by atoms with E-state index in [0.29, 0.717) is 12.1 Å². The second-order valence-corrected chi connectivity index (χ2v) is 5.12. The van der Waals surface area contributed by atoms with Gasteiger partial charge in [0.05, 0.1) is 17.6 Å². The summed E-state index contributed by atoms with van der Waals surface area (Å²) in [7, 11) is 1.27. The molecule has 0 aliphatic carbocycles. The van der Waals surface area contributed by atoms with Gasteiger partial charge in [0, 0.05) is 29.3 Å². The van der Waals surface area contributed by atoms with Crippen LogP contribution in [0.15, 0.2) is 28.7 Å². The Labute approximate surface area is 126 Å². The van der Waals surface area contributed by atoms with Crippen molar-refractivity contribution in [2.75, 3.05) is 7.11 Å². The summed E-state index contributed by atoms with van der Waals surface area (Å²) < 4.78 is 59.0. The highest BCUT2D eigenvalue weighted by Crippen LogP contribution is 2.34. The van der Waals surface area contributed by atoms with E-state index < -0.39 is 34.9 Å². The maximum atomic E-state index is 13.8. The zero-order valence-electron chi connectivity index (χ0n) is 10.8. The van der Waals surface area contributed by atoms with Gasteiger partial charge in [-0.25, -0.2) is 17.6 Å². The summed E-state index contributed by atoms with van der Waals surface area (Å²) >= 11 is 2.97. The summed E-state index contributed by atoms with van der Waals surface area (Å²) in [4.78, 5) is 0. The fourth-order valence-electron chi connectivity index (χ4n) is 1.97. The van der Waals surface area contributed by atoms with E-state index in [9.17, 15) is 17.6 Å². The molecule has 0 bridgehead atoms. The number of nitrogens with two attached hydrogens (primary N) is 1. The van der Waals surface area contributed by atoms with Gasteiger partial charge in [-0.05, 0) is 22.0 Å². The average molecular weight is 364 g/mol. The lowest BCUT2D eigenvalue weighted by Gasteiger charge is -2.18. The molecule has 7 heteroatoms. The van der Waals surface area contributed by atoms with Gasteiger partial charge < -0.3 is 10.5 Å². The van der Waals surface area contributed by atoms with Gasteiger partial charge in [-0.1, -0.05) is 0 Å². The number of methoxy groups -OCH3 is 1. The molecule has 0 heterocycles. The molecule has 0 aliphatic heterocycles. The Kier molecular flexibility index (Phi) is 4.53. The highest BCUT2D eigenvalue weighted by molar-refractivity contribution is 9.10. The fraction of sp³-hybridized carbons (Fsp3) is 0.143. The first-order valence-electron chi connectivity index (χ1n) is 5.78. The van der Waals surface area contributed by atoms with E-state index in [1.54, 1.807) is 0 Å². The molecule has 1 unspecified atom stereocenters. The van der Waals surface area contributed by atoms with Crippen LogP contribution < -0.4 is 10.5 Å². The molecule has 0 amide bonds. The third-order valence-electron chi connectivity index (χ3n) is 2.96.